The van der Waals surface area contributed by atoms with E-state index in [1.165, 1.54) is 16.5 Å². The van der Waals surface area contributed by atoms with Crippen molar-refractivity contribution in [3.05, 3.63) is 72.1 Å². The van der Waals surface area contributed by atoms with E-state index in [1.54, 1.807) is 6.33 Å². The van der Waals surface area contributed by atoms with Crippen LogP contribution < -0.4 is 5.32 Å². The number of hydrogen-bond acceptors (Lipinski definition) is 2. The van der Waals surface area contributed by atoms with Crippen LogP contribution in [0.1, 0.15) is 17.5 Å². The maximum atomic E-state index is 12.5. The molecule has 0 radical (unpaired) electrons. The Labute approximate surface area is 151 Å². The molecule has 0 fully saturated rings. The summed E-state index contributed by atoms with van der Waals surface area (Å²) in [6, 6.07) is 18.5. The Morgan fingerprint density at radius 2 is 1.85 bits per heavy atom. The number of hydrogen-bond donors (Lipinski definition) is 1. The SMILES string of the molecule is O=C(CCn1cnc2ccccc21)Nc1ccc2c3c(cccc13)CC2. The highest BCUT2D eigenvalue weighted by Crippen LogP contribution is 2.35. The molecule has 4 nitrogen and oxygen atoms in total. The Morgan fingerprint density at radius 3 is 2.77 bits per heavy atom. The molecule has 1 N–H and O–H groups in total. The van der Waals surface area contributed by atoms with Crippen molar-refractivity contribution in [3.63, 3.8) is 0 Å². The Balaban J connectivity index is 1.36. The zero-order valence-electron chi connectivity index (χ0n) is 14.4. The molecule has 1 aromatic heterocycles. The maximum Gasteiger partial charge on any atom is 0.226 e. The average molecular weight is 341 g/mol. The van der Waals surface area contributed by atoms with Crippen LogP contribution in [0.4, 0.5) is 5.69 Å². The molecule has 0 saturated heterocycles. The minimum absolute atomic E-state index is 0.0291. The predicted octanol–water partition coefficient (Wildman–Crippen LogP) is 4.32. The number of carbonyl (C=O) groups excluding carboxylic acids is 1. The summed E-state index contributed by atoms with van der Waals surface area (Å²) in [5, 5.41) is 5.58. The average Bonchev–Trinajstić information content (AvgIpc) is 3.28. The molecule has 4 aromatic rings. The molecule has 1 heterocycles. The summed E-state index contributed by atoms with van der Waals surface area (Å²) >= 11 is 0. The van der Waals surface area contributed by atoms with Gasteiger partial charge in [-0.05, 0) is 47.6 Å². The topological polar surface area (TPSA) is 46.9 Å². The molecule has 1 amide bonds. The molecule has 0 atom stereocenters. The van der Waals surface area contributed by atoms with Crippen molar-refractivity contribution in [2.75, 3.05) is 5.32 Å². The first-order valence-electron chi connectivity index (χ1n) is 9.03. The second-order valence-corrected chi connectivity index (χ2v) is 6.84. The normalized spacial score (nSPS) is 12.8. The van der Waals surface area contributed by atoms with Crippen LogP contribution in [0, 0.1) is 0 Å². The van der Waals surface area contributed by atoms with Crippen LogP contribution in [0.25, 0.3) is 21.8 Å². The summed E-state index contributed by atoms with van der Waals surface area (Å²) in [4.78, 5) is 16.9. The van der Waals surface area contributed by atoms with Crippen LogP contribution in [0.5, 0.6) is 0 Å². The van der Waals surface area contributed by atoms with Crippen molar-refractivity contribution in [1.29, 1.82) is 0 Å². The van der Waals surface area contributed by atoms with Gasteiger partial charge in [-0.15, -0.1) is 0 Å². The molecular formula is C22H19N3O. The Hall–Kier alpha value is -3.14. The molecular weight excluding hydrogens is 322 g/mol. The summed E-state index contributed by atoms with van der Waals surface area (Å²) in [7, 11) is 0. The highest BCUT2D eigenvalue weighted by Gasteiger charge is 2.16. The third-order valence-corrected chi connectivity index (χ3v) is 5.26. The number of anilines is 1. The van der Waals surface area contributed by atoms with Crippen molar-refractivity contribution < 1.29 is 4.79 Å². The van der Waals surface area contributed by atoms with Crippen molar-refractivity contribution in [2.24, 2.45) is 0 Å². The minimum atomic E-state index is 0.0291. The molecule has 26 heavy (non-hydrogen) atoms. The van der Waals surface area contributed by atoms with Crippen LogP contribution in [0.3, 0.4) is 0 Å². The van der Waals surface area contributed by atoms with Crippen molar-refractivity contribution in [2.45, 2.75) is 25.8 Å². The maximum absolute atomic E-state index is 12.5. The van der Waals surface area contributed by atoms with E-state index in [2.05, 4.69) is 34.6 Å². The Kier molecular flexibility index (Phi) is 3.49. The number of amides is 1. The van der Waals surface area contributed by atoms with Crippen LogP contribution in [-0.2, 0) is 24.2 Å². The van der Waals surface area contributed by atoms with E-state index in [-0.39, 0.29) is 5.91 Å². The second kappa shape index (κ2) is 5.99. The number of fused-ring (bicyclic) bond motifs is 1. The number of benzene rings is 3. The van der Waals surface area contributed by atoms with E-state index in [0.717, 1.165) is 34.9 Å². The number of nitrogens with zero attached hydrogens (tertiary/aromatic N) is 2. The summed E-state index contributed by atoms with van der Waals surface area (Å²) in [5.41, 5.74) is 5.70. The van der Waals surface area contributed by atoms with E-state index in [1.807, 2.05) is 34.9 Å². The van der Waals surface area contributed by atoms with Gasteiger partial charge in [-0.25, -0.2) is 4.98 Å². The fourth-order valence-electron chi connectivity index (χ4n) is 3.98. The number of carbonyl (C=O) groups is 1. The first-order chi connectivity index (χ1) is 12.8. The lowest BCUT2D eigenvalue weighted by atomic mass is 10.0. The van der Waals surface area contributed by atoms with Gasteiger partial charge in [-0.1, -0.05) is 36.4 Å². The highest BCUT2D eigenvalue weighted by molar-refractivity contribution is 6.05. The first-order valence-corrected chi connectivity index (χ1v) is 9.03. The zero-order valence-corrected chi connectivity index (χ0v) is 14.4. The molecule has 1 aliphatic carbocycles. The van der Waals surface area contributed by atoms with Gasteiger partial charge in [0.15, 0.2) is 0 Å². The monoisotopic (exact) mass is 341 g/mol. The fourth-order valence-corrected chi connectivity index (χ4v) is 3.98. The number of nitrogens with one attached hydrogen (secondary N) is 1. The Bertz CT molecular complexity index is 1130. The lowest BCUT2D eigenvalue weighted by Gasteiger charge is -2.11. The molecule has 0 unspecified atom stereocenters. The zero-order chi connectivity index (χ0) is 17.5. The molecule has 5 rings (SSSR count). The van der Waals surface area contributed by atoms with Gasteiger partial charge >= 0.3 is 0 Å². The van der Waals surface area contributed by atoms with Crippen molar-refractivity contribution in [3.8, 4) is 0 Å². The lowest BCUT2D eigenvalue weighted by molar-refractivity contribution is -0.116. The molecule has 3 aromatic carbocycles. The van der Waals surface area contributed by atoms with Crippen LogP contribution in [0.15, 0.2) is 60.9 Å². The third-order valence-electron chi connectivity index (χ3n) is 5.26. The van der Waals surface area contributed by atoms with Gasteiger partial charge in [0, 0.05) is 24.0 Å². The van der Waals surface area contributed by atoms with E-state index < -0.39 is 0 Å². The standard InChI is InChI=1S/C22H19N3O/c26-21(12-13-25-14-23-19-6-1-2-7-20(19)25)24-18-11-10-16-9-8-15-4-3-5-17(18)22(15)16/h1-7,10-11,14H,8-9,12-13H2,(H,24,26). The van der Waals surface area contributed by atoms with Gasteiger partial charge in [0.25, 0.3) is 0 Å². The molecule has 1 aliphatic rings. The molecule has 4 heteroatoms. The molecule has 128 valence electrons. The smallest absolute Gasteiger partial charge is 0.226 e. The summed E-state index contributed by atoms with van der Waals surface area (Å²) in [6.45, 7) is 0.619. The largest absolute Gasteiger partial charge is 0.330 e. The van der Waals surface area contributed by atoms with Crippen LogP contribution >= 0.6 is 0 Å². The molecule has 0 aliphatic heterocycles. The number of rotatable bonds is 4. The number of imidazole rings is 1. The van der Waals surface area contributed by atoms with E-state index in [0.29, 0.717) is 13.0 Å². The fraction of sp³-hybridized carbons (Fsp3) is 0.182. The van der Waals surface area contributed by atoms with Gasteiger partial charge in [0.1, 0.15) is 0 Å². The lowest BCUT2D eigenvalue weighted by Crippen LogP contribution is -2.14. The molecule has 0 saturated carbocycles. The summed E-state index contributed by atoms with van der Waals surface area (Å²) < 4.78 is 2.03. The third kappa shape index (κ3) is 2.46. The number of aromatic nitrogens is 2. The Morgan fingerprint density at radius 1 is 1.00 bits per heavy atom. The minimum Gasteiger partial charge on any atom is -0.330 e. The van der Waals surface area contributed by atoms with Crippen LogP contribution in [-0.4, -0.2) is 15.5 Å². The quantitative estimate of drug-likeness (QED) is 0.601. The van der Waals surface area contributed by atoms with Gasteiger partial charge in [-0.2, -0.15) is 0 Å². The first kappa shape index (κ1) is 15.1. The van der Waals surface area contributed by atoms with Crippen molar-refractivity contribution >= 4 is 33.4 Å². The van der Waals surface area contributed by atoms with E-state index in [4.69, 9.17) is 0 Å². The predicted molar refractivity (Wildman–Crippen MR) is 104 cm³/mol. The summed E-state index contributed by atoms with van der Waals surface area (Å²) in [6.07, 6.45) is 4.41. The van der Waals surface area contributed by atoms with Gasteiger partial charge in [-0.3, -0.25) is 4.79 Å². The highest BCUT2D eigenvalue weighted by atomic mass is 16.1. The van der Waals surface area contributed by atoms with Crippen LogP contribution in [0.2, 0.25) is 0 Å². The second-order valence-electron chi connectivity index (χ2n) is 6.84. The van der Waals surface area contributed by atoms with Crippen molar-refractivity contribution in [1.82, 2.24) is 9.55 Å². The number of aryl methyl sites for hydroxylation is 3. The molecule has 0 spiro atoms. The van der Waals surface area contributed by atoms with E-state index in [9.17, 15) is 4.79 Å². The van der Waals surface area contributed by atoms with E-state index >= 15 is 0 Å². The van der Waals surface area contributed by atoms with Gasteiger partial charge < -0.3 is 9.88 Å². The van der Waals surface area contributed by atoms with Gasteiger partial charge in [0.2, 0.25) is 5.91 Å². The molecule has 0 bridgehead atoms. The van der Waals surface area contributed by atoms with Gasteiger partial charge in [0.05, 0.1) is 17.4 Å². The number of para-hydroxylation sites is 2. The summed E-state index contributed by atoms with van der Waals surface area (Å²) in [5.74, 6) is 0.0291.